The molecule has 2 aromatic carbocycles. The molecule has 0 aliphatic heterocycles. The monoisotopic (exact) mass is 313 g/mol. The molecule has 0 saturated heterocycles. The van der Waals surface area contributed by atoms with Gasteiger partial charge in [0, 0.05) is 0 Å². The molecule has 2 N–H and O–H groups in total. The second kappa shape index (κ2) is 10.1. The highest BCUT2D eigenvalue weighted by molar-refractivity contribution is 5.88. The third-order valence-electron chi connectivity index (χ3n) is 4.38. The van der Waals surface area contributed by atoms with Crippen molar-refractivity contribution in [3.63, 3.8) is 0 Å². The SMILES string of the molecule is CCCCCCCCCCCOc1cc2ccccc2cc1N. The first-order valence-electron chi connectivity index (χ1n) is 9.22. The number of benzene rings is 2. The summed E-state index contributed by atoms with van der Waals surface area (Å²) in [6, 6.07) is 12.3. The van der Waals surface area contributed by atoms with Crippen molar-refractivity contribution in [3.05, 3.63) is 36.4 Å². The predicted octanol–water partition coefficient (Wildman–Crippen LogP) is 6.33. The molecule has 126 valence electrons. The Morgan fingerprint density at radius 1 is 0.783 bits per heavy atom. The van der Waals surface area contributed by atoms with Crippen LogP contribution in [0.4, 0.5) is 5.69 Å². The smallest absolute Gasteiger partial charge is 0.142 e. The second-order valence-electron chi connectivity index (χ2n) is 6.41. The van der Waals surface area contributed by atoms with Gasteiger partial charge in [0.15, 0.2) is 0 Å². The van der Waals surface area contributed by atoms with Crippen LogP contribution in [0, 0.1) is 0 Å². The third kappa shape index (κ3) is 6.13. The first-order valence-corrected chi connectivity index (χ1v) is 9.22. The Morgan fingerprint density at radius 2 is 1.35 bits per heavy atom. The van der Waals surface area contributed by atoms with E-state index in [9.17, 15) is 0 Å². The summed E-state index contributed by atoms with van der Waals surface area (Å²) in [7, 11) is 0. The number of fused-ring (bicyclic) bond motifs is 1. The van der Waals surface area contributed by atoms with E-state index in [-0.39, 0.29) is 0 Å². The van der Waals surface area contributed by atoms with E-state index in [1.807, 2.05) is 18.2 Å². The molecule has 0 heterocycles. The van der Waals surface area contributed by atoms with Crippen LogP contribution >= 0.6 is 0 Å². The molecule has 0 bridgehead atoms. The quantitative estimate of drug-likeness (QED) is 0.388. The molecule has 2 heteroatoms. The van der Waals surface area contributed by atoms with Crippen molar-refractivity contribution in [3.8, 4) is 5.75 Å². The molecule has 0 saturated carbocycles. The number of hydrogen-bond donors (Lipinski definition) is 1. The summed E-state index contributed by atoms with van der Waals surface area (Å²) < 4.78 is 5.88. The minimum Gasteiger partial charge on any atom is -0.491 e. The summed E-state index contributed by atoms with van der Waals surface area (Å²) in [6.45, 7) is 3.03. The fraction of sp³-hybridized carbons (Fsp3) is 0.524. The molecular formula is C21H31NO. The van der Waals surface area contributed by atoms with Crippen molar-refractivity contribution in [1.29, 1.82) is 0 Å². The van der Waals surface area contributed by atoms with E-state index in [4.69, 9.17) is 10.5 Å². The molecule has 23 heavy (non-hydrogen) atoms. The van der Waals surface area contributed by atoms with Crippen molar-refractivity contribution >= 4 is 16.5 Å². The Hall–Kier alpha value is -1.70. The molecule has 2 aromatic rings. The Balaban J connectivity index is 1.62. The average Bonchev–Trinajstić information content (AvgIpc) is 2.57. The lowest BCUT2D eigenvalue weighted by Gasteiger charge is -2.10. The Kier molecular flexibility index (Phi) is 7.79. The highest BCUT2D eigenvalue weighted by Gasteiger charge is 2.03. The van der Waals surface area contributed by atoms with E-state index in [0.717, 1.165) is 24.5 Å². The van der Waals surface area contributed by atoms with Crippen LogP contribution in [0.2, 0.25) is 0 Å². The van der Waals surface area contributed by atoms with Crippen LogP contribution in [0.25, 0.3) is 10.8 Å². The summed E-state index contributed by atoms with van der Waals surface area (Å²) in [5.74, 6) is 0.822. The second-order valence-corrected chi connectivity index (χ2v) is 6.41. The van der Waals surface area contributed by atoms with Crippen molar-refractivity contribution in [2.24, 2.45) is 0 Å². The normalized spacial score (nSPS) is 11.0. The zero-order valence-corrected chi connectivity index (χ0v) is 14.5. The Bertz CT molecular complexity index is 579. The fourth-order valence-corrected chi connectivity index (χ4v) is 2.96. The molecular weight excluding hydrogens is 282 g/mol. The maximum absolute atomic E-state index is 6.08. The summed E-state index contributed by atoms with van der Waals surface area (Å²) >= 11 is 0. The van der Waals surface area contributed by atoms with Crippen molar-refractivity contribution in [2.45, 2.75) is 64.7 Å². The number of rotatable bonds is 11. The molecule has 2 nitrogen and oxygen atoms in total. The van der Waals surface area contributed by atoms with E-state index in [1.54, 1.807) is 0 Å². The summed E-state index contributed by atoms with van der Waals surface area (Å²) in [5.41, 5.74) is 6.82. The number of nitrogen functional groups attached to an aromatic ring is 1. The molecule has 0 spiro atoms. The average molecular weight is 313 g/mol. The van der Waals surface area contributed by atoms with Gasteiger partial charge in [-0.25, -0.2) is 0 Å². The summed E-state index contributed by atoms with van der Waals surface area (Å²) in [4.78, 5) is 0. The molecule has 0 atom stereocenters. The van der Waals surface area contributed by atoms with Crippen LogP contribution in [0.3, 0.4) is 0 Å². The van der Waals surface area contributed by atoms with Crippen molar-refractivity contribution < 1.29 is 4.74 Å². The zero-order chi connectivity index (χ0) is 16.3. The van der Waals surface area contributed by atoms with Gasteiger partial charge in [-0.3, -0.25) is 0 Å². The van der Waals surface area contributed by atoms with Gasteiger partial charge in [0.1, 0.15) is 5.75 Å². The predicted molar refractivity (Wildman–Crippen MR) is 101 cm³/mol. The van der Waals surface area contributed by atoms with Crippen molar-refractivity contribution in [1.82, 2.24) is 0 Å². The maximum Gasteiger partial charge on any atom is 0.142 e. The zero-order valence-electron chi connectivity index (χ0n) is 14.5. The minimum atomic E-state index is 0.736. The van der Waals surface area contributed by atoms with Gasteiger partial charge in [-0.05, 0) is 29.3 Å². The molecule has 0 amide bonds. The molecule has 0 unspecified atom stereocenters. The van der Waals surface area contributed by atoms with Crippen LogP contribution in [-0.4, -0.2) is 6.61 Å². The Labute approximate surface area is 141 Å². The first kappa shape index (κ1) is 17.7. The highest BCUT2D eigenvalue weighted by Crippen LogP contribution is 2.28. The highest BCUT2D eigenvalue weighted by atomic mass is 16.5. The summed E-state index contributed by atoms with van der Waals surface area (Å²) in [6.07, 6.45) is 12.0. The van der Waals surface area contributed by atoms with Crippen LogP contribution in [0.5, 0.6) is 5.75 Å². The van der Waals surface area contributed by atoms with E-state index in [0.29, 0.717) is 0 Å². The van der Waals surface area contributed by atoms with Crippen LogP contribution in [-0.2, 0) is 0 Å². The number of ether oxygens (including phenoxy) is 1. The van der Waals surface area contributed by atoms with Gasteiger partial charge in [0.2, 0.25) is 0 Å². The van der Waals surface area contributed by atoms with Crippen LogP contribution in [0.1, 0.15) is 64.7 Å². The number of unbranched alkanes of at least 4 members (excludes halogenated alkanes) is 8. The lowest BCUT2D eigenvalue weighted by Crippen LogP contribution is -2.00. The standard InChI is InChI=1S/C21H31NO/c1-2-3-4-5-6-7-8-9-12-15-23-21-17-19-14-11-10-13-18(19)16-20(21)22/h10-11,13-14,16-17H,2-9,12,15,22H2,1H3. The molecule has 2 rings (SSSR count). The molecule has 0 fully saturated rings. The largest absolute Gasteiger partial charge is 0.491 e. The van der Waals surface area contributed by atoms with Gasteiger partial charge in [-0.15, -0.1) is 0 Å². The van der Waals surface area contributed by atoms with Gasteiger partial charge in [-0.2, -0.15) is 0 Å². The van der Waals surface area contributed by atoms with Crippen molar-refractivity contribution in [2.75, 3.05) is 12.3 Å². The van der Waals surface area contributed by atoms with E-state index in [2.05, 4.69) is 25.1 Å². The van der Waals surface area contributed by atoms with Gasteiger partial charge in [0.25, 0.3) is 0 Å². The molecule has 0 aromatic heterocycles. The van der Waals surface area contributed by atoms with Gasteiger partial charge >= 0.3 is 0 Å². The van der Waals surface area contributed by atoms with Gasteiger partial charge < -0.3 is 10.5 Å². The summed E-state index contributed by atoms with van der Waals surface area (Å²) in [5, 5.41) is 2.35. The molecule has 0 aliphatic carbocycles. The Morgan fingerprint density at radius 3 is 2.00 bits per heavy atom. The lowest BCUT2D eigenvalue weighted by atomic mass is 10.1. The number of anilines is 1. The van der Waals surface area contributed by atoms with Crippen LogP contribution < -0.4 is 10.5 Å². The minimum absolute atomic E-state index is 0.736. The van der Waals surface area contributed by atoms with E-state index >= 15 is 0 Å². The van der Waals surface area contributed by atoms with E-state index < -0.39 is 0 Å². The van der Waals surface area contributed by atoms with Crippen LogP contribution in [0.15, 0.2) is 36.4 Å². The first-order chi connectivity index (χ1) is 11.3. The number of nitrogens with two attached hydrogens (primary N) is 1. The van der Waals surface area contributed by atoms with Gasteiger partial charge in [0.05, 0.1) is 12.3 Å². The topological polar surface area (TPSA) is 35.2 Å². The van der Waals surface area contributed by atoms with E-state index in [1.165, 1.54) is 62.1 Å². The fourth-order valence-electron chi connectivity index (χ4n) is 2.96. The molecule has 0 radical (unpaired) electrons. The third-order valence-corrected chi connectivity index (χ3v) is 4.38. The number of hydrogen-bond acceptors (Lipinski definition) is 2. The molecule has 0 aliphatic rings. The maximum atomic E-state index is 6.08. The van der Waals surface area contributed by atoms with Gasteiger partial charge in [-0.1, -0.05) is 82.6 Å². The lowest BCUT2D eigenvalue weighted by molar-refractivity contribution is 0.306.